The average molecular weight is 573 g/mol. The number of carbonyl (C=O) groups is 3. The van der Waals surface area contributed by atoms with E-state index >= 15 is 0 Å². The molecule has 1 aromatic carbocycles. The second-order valence-corrected chi connectivity index (χ2v) is 12.1. The number of halogens is 1. The van der Waals surface area contributed by atoms with Gasteiger partial charge in [-0.05, 0) is 63.9 Å². The van der Waals surface area contributed by atoms with Crippen LogP contribution in [0.5, 0.6) is 5.75 Å². The van der Waals surface area contributed by atoms with Crippen LogP contribution in [0, 0.1) is 11.8 Å². The van der Waals surface area contributed by atoms with Crippen molar-refractivity contribution in [3.8, 4) is 5.75 Å². The second-order valence-electron chi connectivity index (χ2n) is 12.1. The third-order valence-electron chi connectivity index (χ3n) is 9.10. The molecule has 3 aliphatic carbocycles. The molecule has 222 valence electrons. The lowest BCUT2D eigenvalue weighted by atomic mass is 9.57. The van der Waals surface area contributed by atoms with Gasteiger partial charge < -0.3 is 31.1 Å². The van der Waals surface area contributed by atoms with Crippen LogP contribution in [0.15, 0.2) is 23.0 Å². The maximum Gasteiger partial charge on any atom is 0.255 e. The Morgan fingerprint density at radius 3 is 2.46 bits per heavy atom. The van der Waals surface area contributed by atoms with Crippen LogP contribution >= 0.6 is 0 Å². The monoisotopic (exact) mass is 572 g/mol. The summed E-state index contributed by atoms with van der Waals surface area (Å²) in [7, 11) is 6.74. The van der Waals surface area contributed by atoms with Crippen LogP contribution in [0.4, 0.5) is 10.1 Å². The Morgan fingerprint density at radius 2 is 1.88 bits per heavy atom. The van der Waals surface area contributed by atoms with Crippen LogP contribution in [-0.4, -0.2) is 107 Å². The van der Waals surface area contributed by atoms with Gasteiger partial charge in [-0.1, -0.05) is 0 Å². The highest BCUT2D eigenvalue weighted by atomic mass is 19.1. The molecule has 0 spiro atoms. The number of ketones is 2. The summed E-state index contributed by atoms with van der Waals surface area (Å²) in [5.41, 5.74) is 3.42. The summed E-state index contributed by atoms with van der Waals surface area (Å²) < 4.78 is 14.1. The predicted octanol–water partition coefficient (Wildman–Crippen LogP) is 0.964. The van der Waals surface area contributed by atoms with Gasteiger partial charge in [0.2, 0.25) is 5.78 Å². The third-order valence-corrected chi connectivity index (χ3v) is 9.10. The summed E-state index contributed by atoms with van der Waals surface area (Å²) in [6.45, 7) is 1.09. The summed E-state index contributed by atoms with van der Waals surface area (Å²) in [4.78, 5) is 44.7. The molecule has 1 aromatic rings. The standard InChI is InChI=1S/C29H37FN4O7/c1-32(2)18-10-14(11-34-7-5-6-15(30)12-34)23(35)20-16(18)8-13-9-17-22(33(3)4)25(37)21(28(31)40)27(39)29(17,41)26(38)19(13)24(20)36/h10,13,15,17,22,35-36,39,41H,5-9,11-12H2,1-4H3,(H2,31,40)/t13-,15?,17-,22-,29-/m0/s1. The molecular formula is C29H37FN4O7. The first-order valence-corrected chi connectivity index (χ1v) is 13.8. The number of aliphatic hydroxyl groups is 3. The number of likely N-dealkylation sites (N-methyl/N-ethyl adjacent to an activating group) is 1. The lowest BCUT2D eigenvalue weighted by Crippen LogP contribution is -2.65. The Bertz CT molecular complexity index is 1400. The van der Waals surface area contributed by atoms with Crippen LogP contribution < -0.4 is 10.6 Å². The van der Waals surface area contributed by atoms with Crippen molar-refractivity contribution >= 4 is 28.9 Å². The molecule has 1 aliphatic heterocycles. The number of aromatic hydroxyl groups is 1. The lowest BCUT2D eigenvalue weighted by Gasteiger charge is -2.50. The molecule has 2 fully saturated rings. The number of amides is 1. The number of primary amides is 1. The number of likely N-dealkylation sites (tertiary alicyclic amines) is 1. The summed E-state index contributed by atoms with van der Waals surface area (Å²) in [5, 5.41) is 45.8. The fraction of sp³-hybridized carbons (Fsp3) is 0.552. The van der Waals surface area contributed by atoms with Gasteiger partial charge in [-0.15, -0.1) is 0 Å². The van der Waals surface area contributed by atoms with Crippen molar-refractivity contribution in [2.24, 2.45) is 17.6 Å². The van der Waals surface area contributed by atoms with Crippen molar-refractivity contribution < 1.29 is 39.2 Å². The minimum atomic E-state index is -2.69. The predicted molar refractivity (Wildman–Crippen MR) is 148 cm³/mol. The number of fused-ring (bicyclic) bond motifs is 3. The number of phenolic OH excluding ortho intramolecular Hbond substituents is 1. The van der Waals surface area contributed by atoms with E-state index in [0.717, 1.165) is 0 Å². The number of alkyl halides is 1. The van der Waals surface area contributed by atoms with Crippen molar-refractivity contribution in [2.75, 3.05) is 46.2 Å². The minimum Gasteiger partial charge on any atom is -0.508 e. The smallest absolute Gasteiger partial charge is 0.255 e. The maximum absolute atomic E-state index is 14.1. The fourth-order valence-electron chi connectivity index (χ4n) is 7.25. The van der Waals surface area contributed by atoms with Gasteiger partial charge >= 0.3 is 0 Å². The number of hydrogen-bond acceptors (Lipinski definition) is 10. The molecule has 0 radical (unpaired) electrons. The van der Waals surface area contributed by atoms with Crippen LogP contribution in [0.2, 0.25) is 0 Å². The van der Waals surface area contributed by atoms with E-state index < -0.39 is 64.2 Å². The molecule has 1 saturated carbocycles. The lowest BCUT2D eigenvalue weighted by molar-refractivity contribution is -0.153. The molecule has 11 nitrogen and oxygen atoms in total. The molecule has 1 unspecified atom stereocenters. The highest BCUT2D eigenvalue weighted by Crippen LogP contribution is 2.54. The molecule has 5 rings (SSSR count). The first-order chi connectivity index (χ1) is 19.2. The van der Waals surface area contributed by atoms with Crippen LogP contribution in [0.25, 0.3) is 5.76 Å². The molecule has 5 atom stereocenters. The van der Waals surface area contributed by atoms with Gasteiger partial charge in [0.25, 0.3) is 5.91 Å². The van der Waals surface area contributed by atoms with E-state index in [9.17, 15) is 39.2 Å². The molecular weight excluding hydrogens is 535 g/mol. The zero-order chi connectivity index (χ0) is 30.1. The van der Waals surface area contributed by atoms with E-state index in [1.54, 1.807) is 20.2 Å². The Hall–Kier alpha value is -3.48. The number of aliphatic hydroxyl groups excluding tert-OH is 2. The highest BCUT2D eigenvalue weighted by molar-refractivity contribution is 6.24. The number of rotatable bonds is 5. The number of anilines is 1. The van der Waals surface area contributed by atoms with Crippen molar-refractivity contribution in [3.05, 3.63) is 39.7 Å². The SMILES string of the molecule is CN(C)c1cc(CN2CCCC(F)C2)c(O)c2c1C[C@H]1C[C@H]3[C@H](N(C)C)C(=O)C(C(N)=O)=C(O)[C@@]3(O)C(=O)C1=C2O. The average Bonchev–Trinajstić information content (AvgIpc) is 2.87. The van der Waals surface area contributed by atoms with Crippen LogP contribution in [0.1, 0.15) is 36.0 Å². The second kappa shape index (κ2) is 10.1. The number of piperidine rings is 1. The van der Waals surface area contributed by atoms with Gasteiger partial charge in [0, 0.05) is 49.9 Å². The van der Waals surface area contributed by atoms with Crippen molar-refractivity contribution in [3.63, 3.8) is 0 Å². The number of carbonyl (C=O) groups excluding carboxylic acids is 3. The summed E-state index contributed by atoms with van der Waals surface area (Å²) in [6.07, 6.45) is 0.411. The Labute approximate surface area is 237 Å². The van der Waals surface area contributed by atoms with E-state index in [0.29, 0.717) is 36.2 Å². The van der Waals surface area contributed by atoms with Crippen LogP contribution in [0.3, 0.4) is 0 Å². The number of benzene rings is 1. The number of nitrogens with two attached hydrogens (primary N) is 1. The number of Topliss-reactive ketones (excluding diaryl/α,β-unsaturated/α-hetero) is 2. The molecule has 1 heterocycles. The van der Waals surface area contributed by atoms with Gasteiger partial charge in [-0.3, -0.25) is 24.2 Å². The quantitative estimate of drug-likeness (QED) is 0.321. The first kappa shape index (κ1) is 29.0. The van der Waals surface area contributed by atoms with E-state index in [-0.39, 0.29) is 42.8 Å². The molecule has 4 aliphatic rings. The van der Waals surface area contributed by atoms with Gasteiger partial charge in [-0.25, -0.2) is 4.39 Å². The van der Waals surface area contributed by atoms with Crippen molar-refractivity contribution in [2.45, 2.75) is 50.0 Å². The summed E-state index contributed by atoms with van der Waals surface area (Å²) >= 11 is 0. The van der Waals surface area contributed by atoms with Gasteiger partial charge in [0.1, 0.15) is 29.0 Å². The molecule has 1 amide bonds. The molecule has 0 aromatic heterocycles. The van der Waals surface area contributed by atoms with E-state index in [2.05, 4.69) is 0 Å². The highest BCUT2D eigenvalue weighted by Gasteiger charge is 2.64. The Morgan fingerprint density at radius 1 is 1.20 bits per heavy atom. The zero-order valence-electron chi connectivity index (χ0n) is 23.6. The normalized spacial score (nSPS) is 30.3. The van der Waals surface area contributed by atoms with Gasteiger partial charge in [0.15, 0.2) is 11.4 Å². The zero-order valence-corrected chi connectivity index (χ0v) is 23.6. The third kappa shape index (κ3) is 4.31. The van der Waals surface area contributed by atoms with Crippen molar-refractivity contribution in [1.82, 2.24) is 9.80 Å². The molecule has 12 heteroatoms. The molecule has 6 N–H and O–H groups in total. The van der Waals surface area contributed by atoms with Crippen LogP contribution in [-0.2, 0) is 27.3 Å². The molecule has 41 heavy (non-hydrogen) atoms. The van der Waals surface area contributed by atoms with E-state index in [4.69, 9.17) is 5.73 Å². The first-order valence-electron chi connectivity index (χ1n) is 13.8. The number of phenols is 1. The Balaban J connectivity index is 1.68. The number of hydrogen-bond donors (Lipinski definition) is 5. The van der Waals surface area contributed by atoms with E-state index in [1.165, 1.54) is 4.90 Å². The fourth-order valence-corrected chi connectivity index (χ4v) is 7.25. The largest absolute Gasteiger partial charge is 0.508 e. The minimum absolute atomic E-state index is 0.0206. The molecule has 1 saturated heterocycles. The van der Waals surface area contributed by atoms with Crippen molar-refractivity contribution in [1.29, 1.82) is 0 Å². The van der Waals surface area contributed by atoms with E-state index in [1.807, 2.05) is 23.9 Å². The summed E-state index contributed by atoms with van der Waals surface area (Å²) in [6, 6.07) is 0.663. The topological polar surface area (TPSA) is 168 Å². The summed E-state index contributed by atoms with van der Waals surface area (Å²) in [5.74, 6) is -6.82. The number of nitrogens with zero attached hydrogens (tertiary/aromatic N) is 3. The van der Waals surface area contributed by atoms with Gasteiger partial charge in [0.05, 0.1) is 11.6 Å². The Kier molecular flexibility index (Phi) is 7.16. The van der Waals surface area contributed by atoms with Gasteiger partial charge in [-0.2, -0.15) is 0 Å². The molecule has 0 bridgehead atoms. The maximum atomic E-state index is 14.1.